The molecule has 3 aliphatic heterocycles. The van der Waals surface area contributed by atoms with E-state index in [1.165, 1.54) is 0 Å². The molecule has 0 saturated carbocycles. The molecule has 0 radical (unpaired) electrons. The third-order valence-electron chi connectivity index (χ3n) is 9.20. The Morgan fingerprint density at radius 1 is 1.17 bits per heavy atom. The lowest BCUT2D eigenvalue weighted by Gasteiger charge is -2.31. The lowest BCUT2D eigenvalue weighted by atomic mass is 9.83. The highest BCUT2D eigenvalue weighted by Gasteiger charge is 2.48. The van der Waals surface area contributed by atoms with Crippen LogP contribution in [0.1, 0.15) is 69.9 Å². The second-order valence-corrected chi connectivity index (χ2v) is 14.5. The highest BCUT2D eigenvalue weighted by molar-refractivity contribution is 5.80. The number of hydrogen-bond donors (Lipinski definition) is 1. The van der Waals surface area contributed by atoms with Crippen molar-refractivity contribution < 1.29 is 28.7 Å². The molecule has 234 valence electrons. The fraction of sp³-hybridized carbons (Fsp3) is 0.727. The number of unbranched alkanes of at least 4 members (excludes halogenated alkanes) is 1. The lowest BCUT2D eigenvalue weighted by molar-refractivity contribution is -0.870. The SMILES string of the molecule is CCCCN(CCC[N+](C)(C)C)C(=O)CN1CC(c2ccc3c(c2)CCO3)C(C(=O)O)C1CCN1CC(C)(C)CC1=O. The zero-order valence-electron chi connectivity index (χ0n) is 26.7. The van der Waals surface area contributed by atoms with E-state index in [9.17, 15) is 19.5 Å². The summed E-state index contributed by atoms with van der Waals surface area (Å²) in [6, 6.07) is 5.73. The maximum Gasteiger partial charge on any atom is 0.308 e. The van der Waals surface area contributed by atoms with Crippen molar-refractivity contribution in [1.82, 2.24) is 14.7 Å². The molecule has 1 N–H and O–H groups in total. The summed E-state index contributed by atoms with van der Waals surface area (Å²) in [5, 5.41) is 10.6. The molecule has 1 aromatic rings. The molecule has 0 bridgehead atoms. The maximum absolute atomic E-state index is 13.8. The fourth-order valence-electron chi connectivity index (χ4n) is 7.02. The van der Waals surface area contributed by atoms with Gasteiger partial charge in [-0.2, -0.15) is 0 Å². The number of benzene rings is 1. The number of fused-ring (bicyclic) bond motifs is 1. The van der Waals surface area contributed by atoms with Crippen LogP contribution >= 0.6 is 0 Å². The molecule has 0 spiro atoms. The summed E-state index contributed by atoms with van der Waals surface area (Å²) >= 11 is 0. The van der Waals surface area contributed by atoms with Crippen LogP contribution in [0.3, 0.4) is 0 Å². The molecular formula is C33H53N4O5+. The van der Waals surface area contributed by atoms with Crippen molar-refractivity contribution in [3.8, 4) is 5.75 Å². The average molecular weight is 586 g/mol. The summed E-state index contributed by atoms with van der Waals surface area (Å²) in [5.74, 6) is -0.658. The molecule has 9 heteroatoms. The second-order valence-electron chi connectivity index (χ2n) is 14.5. The summed E-state index contributed by atoms with van der Waals surface area (Å²) in [7, 11) is 6.49. The van der Waals surface area contributed by atoms with Crippen LogP contribution in [0.25, 0.3) is 0 Å². The van der Waals surface area contributed by atoms with E-state index in [4.69, 9.17) is 4.74 Å². The Balaban J connectivity index is 1.56. The number of carbonyl (C=O) groups is 3. The molecule has 0 aliphatic carbocycles. The van der Waals surface area contributed by atoms with E-state index in [0.29, 0.717) is 45.6 Å². The summed E-state index contributed by atoms with van der Waals surface area (Å²) < 4.78 is 6.55. The van der Waals surface area contributed by atoms with Gasteiger partial charge in [-0.1, -0.05) is 39.3 Å². The standard InChI is InChI=1S/C33H52N4O5/c1-7-8-14-34(15-9-17-37(4,5)6)30(39)22-36-21-26(24-10-11-28-25(19-24)13-18-42-28)31(32(40)41)27(36)12-16-35-23-33(2,3)20-29(35)38/h10-11,19,26-27,31H,7-9,12-18,20-23H2,1-6H3/p+1. The number of likely N-dealkylation sites (tertiary alicyclic amines) is 2. The van der Waals surface area contributed by atoms with E-state index >= 15 is 0 Å². The fourth-order valence-corrected chi connectivity index (χ4v) is 7.02. The Bertz CT molecular complexity index is 1130. The van der Waals surface area contributed by atoms with Gasteiger partial charge in [0.2, 0.25) is 11.8 Å². The van der Waals surface area contributed by atoms with Crippen LogP contribution in [0.15, 0.2) is 18.2 Å². The van der Waals surface area contributed by atoms with E-state index in [1.54, 1.807) is 0 Å². The molecule has 42 heavy (non-hydrogen) atoms. The molecule has 2 fully saturated rings. The summed E-state index contributed by atoms with van der Waals surface area (Å²) in [6.45, 7) is 11.3. The van der Waals surface area contributed by atoms with Gasteiger partial charge in [0, 0.05) is 63.9 Å². The number of quaternary nitrogens is 1. The number of carboxylic acid groups (broad SMARTS) is 1. The number of carboxylic acids is 1. The van der Waals surface area contributed by atoms with E-state index < -0.39 is 11.9 Å². The zero-order chi connectivity index (χ0) is 30.7. The Kier molecular flexibility index (Phi) is 10.2. The Morgan fingerprint density at radius 2 is 1.90 bits per heavy atom. The third kappa shape index (κ3) is 8.04. The van der Waals surface area contributed by atoms with Gasteiger partial charge >= 0.3 is 5.97 Å². The van der Waals surface area contributed by atoms with Crippen LogP contribution in [-0.2, 0) is 20.8 Å². The van der Waals surface area contributed by atoms with Crippen molar-refractivity contribution in [1.29, 1.82) is 0 Å². The number of hydrogen-bond acceptors (Lipinski definition) is 5. The Labute approximate surface area is 252 Å². The van der Waals surface area contributed by atoms with Gasteiger partial charge in [-0.15, -0.1) is 0 Å². The molecule has 2 saturated heterocycles. The maximum atomic E-state index is 13.8. The first-order valence-electron chi connectivity index (χ1n) is 15.9. The molecule has 0 aromatic heterocycles. The number of aliphatic carboxylic acids is 1. The number of nitrogens with zero attached hydrogens (tertiary/aromatic N) is 4. The smallest absolute Gasteiger partial charge is 0.308 e. The minimum absolute atomic E-state index is 0.0698. The minimum atomic E-state index is -0.837. The van der Waals surface area contributed by atoms with Crippen LogP contribution in [0.4, 0.5) is 0 Å². The van der Waals surface area contributed by atoms with E-state index in [-0.39, 0.29) is 35.7 Å². The summed E-state index contributed by atoms with van der Waals surface area (Å²) in [6.07, 6.45) is 4.76. The largest absolute Gasteiger partial charge is 0.493 e. The Hall–Kier alpha value is -2.65. The summed E-state index contributed by atoms with van der Waals surface area (Å²) in [5.41, 5.74) is 2.04. The van der Waals surface area contributed by atoms with Gasteiger partial charge in [0.25, 0.3) is 0 Å². The van der Waals surface area contributed by atoms with E-state index in [2.05, 4.69) is 52.9 Å². The van der Waals surface area contributed by atoms with Crippen molar-refractivity contribution in [3.63, 3.8) is 0 Å². The monoisotopic (exact) mass is 585 g/mol. The van der Waals surface area contributed by atoms with Gasteiger partial charge in [0.15, 0.2) is 0 Å². The van der Waals surface area contributed by atoms with E-state index in [1.807, 2.05) is 21.9 Å². The van der Waals surface area contributed by atoms with Crippen LogP contribution < -0.4 is 4.74 Å². The van der Waals surface area contributed by atoms with Crippen LogP contribution in [0, 0.1) is 11.3 Å². The first-order valence-corrected chi connectivity index (χ1v) is 15.9. The summed E-state index contributed by atoms with van der Waals surface area (Å²) in [4.78, 5) is 45.5. The average Bonchev–Trinajstić information content (AvgIpc) is 3.58. The quantitative estimate of drug-likeness (QED) is 0.337. The molecule has 9 nitrogen and oxygen atoms in total. The Morgan fingerprint density at radius 3 is 2.55 bits per heavy atom. The van der Waals surface area contributed by atoms with Gasteiger partial charge in [0.05, 0.1) is 46.8 Å². The predicted octanol–water partition coefficient (Wildman–Crippen LogP) is 3.46. The highest BCUT2D eigenvalue weighted by Crippen LogP contribution is 2.41. The van der Waals surface area contributed by atoms with Crippen molar-refractivity contribution in [2.45, 2.75) is 71.3 Å². The normalized spacial score (nSPS) is 23.7. The molecule has 2 amide bonds. The van der Waals surface area contributed by atoms with Gasteiger partial charge in [-0.05, 0) is 35.4 Å². The van der Waals surface area contributed by atoms with Gasteiger partial charge in [-0.25, -0.2) is 0 Å². The van der Waals surface area contributed by atoms with Crippen LogP contribution in [-0.4, -0.2) is 122 Å². The van der Waals surface area contributed by atoms with Gasteiger partial charge < -0.3 is 24.1 Å². The molecule has 3 unspecified atom stereocenters. The van der Waals surface area contributed by atoms with Crippen LogP contribution in [0.2, 0.25) is 0 Å². The molecule has 3 atom stereocenters. The molecule has 1 aromatic carbocycles. The second kappa shape index (κ2) is 13.3. The number of carbonyl (C=O) groups excluding carboxylic acids is 2. The van der Waals surface area contributed by atoms with Crippen molar-refractivity contribution >= 4 is 17.8 Å². The van der Waals surface area contributed by atoms with E-state index in [0.717, 1.165) is 60.1 Å². The van der Waals surface area contributed by atoms with Gasteiger partial charge in [0.1, 0.15) is 5.75 Å². The number of amides is 2. The number of ether oxygens (including phenoxy) is 1. The predicted molar refractivity (Wildman–Crippen MR) is 163 cm³/mol. The molecular weight excluding hydrogens is 532 g/mol. The lowest BCUT2D eigenvalue weighted by Crippen LogP contribution is -2.46. The third-order valence-corrected chi connectivity index (χ3v) is 9.20. The first kappa shape index (κ1) is 32.3. The first-order chi connectivity index (χ1) is 19.8. The topological polar surface area (TPSA) is 90.4 Å². The molecule has 3 heterocycles. The molecule has 3 aliphatic rings. The zero-order valence-corrected chi connectivity index (χ0v) is 26.7. The van der Waals surface area contributed by atoms with Crippen LogP contribution in [0.5, 0.6) is 5.75 Å². The minimum Gasteiger partial charge on any atom is -0.493 e. The van der Waals surface area contributed by atoms with Crippen molar-refractivity contribution in [3.05, 3.63) is 29.3 Å². The number of rotatable bonds is 14. The van der Waals surface area contributed by atoms with Crippen molar-refractivity contribution in [2.24, 2.45) is 11.3 Å². The van der Waals surface area contributed by atoms with Gasteiger partial charge in [-0.3, -0.25) is 19.3 Å². The molecule has 4 rings (SSSR count). The highest BCUT2D eigenvalue weighted by atomic mass is 16.5. The van der Waals surface area contributed by atoms with Crippen molar-refractivity contribution in [2.75, 3.05) is 73.6 Å².